The van der Waals surface area contributed by atoms with Gasteiger partial charge in [-0.15, -0.1) is 0 Å². The van der Waals surface area contributed by atoms with Crippen molar-refractivity contribution in [2.75, 3.05) is 10.6 Å². The number of benzene rings is 2. The van der Waals surface area contributed by atoms with Crippen molar-refractivity contribution >= 4 is 23.2 Å². The van der Waals surface area contributed by atoms with Crippen LogP contribution in [-0.4, -0.2) is 11.8 Å². The number of anilines is 2. The molecule has 0 fully saturated rings. The zero-order valence-electron chi connectivity index (χ0n) is 11.5. The number of aryl methyl sites for hydroxylation is 1. The van der Waals surface area contributed by atoms with Crippen LogP contribution in [0.25, 0.3) is 0 Å². The Hall–Kier alpha value is -2.76. The Labute approximate surface area is 125 Å². The highest BCUT2D eigenvalue weighted by Gasteiger charge is 2.16. The molecule has 0 spiro atoms. The van der Waals surface area contributed by atoms with Crippen molar-refractivity contribution in [3.63, 3.8) is 0 Å². The van der Waals surface area contributed by atoms with Crippen molar-refractivity contribution in [2.24, 2.45) is 0 Å². The lowest BCUT2D eigenvalue weighted by molar-refractivity contribution is -0.116. The van der Waals surface area contributed by atoms with Crippen LogP contribution in [0.4, 0.5) is 20.2 Å². The van der Waals surface area contributed by atoms with Crippen molar-refractivity contribution in [3.8, 4) is 0 Å². The van der Waals surface area contributed by atoms with E-state index >= 15 is 0 Å². The Morgan fingerprint density at radius 3 is 2.64 bits per heavy atom. The number of nitrogens with one attached hydrogen (secondary N) is 2. The van der Waals surface area contributed by atoms with Crippen LogP contribution in [0, 0.1) is 11.6 Å². The lowest BCUT2D eigenvalue weighted by atomic mass is 10.0. The monoisotopic (exact) mass is 302 g/mol. The molecular weight excluding hydrogens is 290 g/mol. The first-order valence-electron chi connectivity index (χ1n) is 6.72. The first kappa shape index (κ1) is 14.2. The average Bonchev–Trinajstić information content (AvgIpc) is 2.50. The topological polar surface area (TPSA) is 58.2 Å². The second-order valence-corrected chi connectivity index (χ2v) is 5.00. The Balaban J connectivity index is 1.79. The fourth-order valence-corrected chi connectivity index (χ4v) is 2.30. The number of carbonyl (C=O) groups excluding carboxylic acids is 2. The Morgan fingerprint density at radius 1 is 1.05 bits per heavy atom. The van der Waals surface area contributed by atoms with Gasteiger partial charge in [-0.3, -0.25) is 9.59 Å². The van der Waals surface area contributed by atoms with Gasteiger partial charge in [0.15, 0.2) is 11.6 Å². The minimum absolute atomic E-state index is 0.0323. The summed E-state index contributed by atoms with van der Waals surface area (Å²) in [7, 11) is 0. The molecule has 1 aliphatic rings. The van der Waals surface area contributed by atoms with Crippen LogP contribution >= 0.6 is 0 Å². The largest absolute Gasteiger partial charge is 0.326 e. The van der Waals surface area contributed by atoms with E-state index in [0.717, 1.165) is 23.4 Å². The van der Waals surface area contributed by atoms with Gasteiger partial charge in [-0.1, -0.05) is 0 Å². The molecule has 0 saturated carbocycles. The van der Waals surface area contributed by atoms with Gasteiger partial charge < -0.3 is 10.6 Å². The zero-order chi connectivity index (χ0) is 15.7. The molecule has 3 rings (SSSR count). The van der Waals surface area contributed by atoms with Crippen LogP contribution in [0.2, 0.25) is 0 Å². The summed E-state index contributed by atoms with van der Waals surface area (Å²) in [5.41, 5.74) is 2.21. The van der Waals surface area contributed by atoms with Crippen molar-refractivity contribution in [3.05, 3.63) is 59.2 Å². The summed E-state index contributed by atoms with van der Waals surface area (Å²) in [4.78, 5) is 23.3. The maximum absolute atomic E-state index is 13.1. The van der Waals surface area contributed by atoms with E-state index in [1.807, 2.05) is 0 Å². The molecule has 1 heterocycles. The number of halogens is 2. The predicted octanol–water partition coefficient (Wildman–Crippen LogP) is 3.10. The van der Waals surface area contributed by atoms with E-state index in [0.29, 0.717) is 18.5 Å². The molecule has 1 aliphatic heterocycles. The molecule has 0 radical (unpaired) electrons. The molecule has 0 aliphatic carbocycles. The molecule has 22 heavy (non-hydrogen) atoms. The molecule has 2 amide bonds. The SMILES string of the molecule is O=C1CCc2cc(NC(=O)c3ccc(F)c(F)c3)ccc2N1. The third kappa shape index (κ3) is 2.81. The van der Waals surface area contributed by atoms with Gasteiger partial charge in [-0.05, 0) is 48.4 Å². The smallest absolute Gasteiger partial charge is 0.255 e. The Bertz CT molecular complexity index is 775. The molecule has 112 valence electrons. The molecule has 2 aromatic rings. The summed E-state index contributed by atoms with van der Waals surface area (Å²) >= 11 is 0. The minimum atomic E-state index is -1.07. The molecule has 0 saturated heterocycles. The molecule has 0 atom stereocenters. The van der Waals surface area contributed by atoms with Crippen molar-refractivity contribution in [1.82, 2.24) is 0 Å². The van der Waals surface area contributed by atoms with E-state index in [1.54, 1.807) is 18.2 Å². The third-order valence-corrected chi connectivity index (χ3v) is 3.44. The first-order valence-corrected chi connectivity index (χ1v) is 6.72. The van der Waals surface area contributed by atoms with Crippen molar-refractivity contribution in [2.45, 2.75) is 12.8 Å². The summed E-state index contributed by atoms with van der Waals surface area (Å²) in [5, 5.41) is 5.37. The summed E-state index contributed by atoms with van der Waals surface area (Å²) in [6.45, 7) is 0. The van der Waals surface area contributed by atoms with Gasteiger partial charge in [-0.25, -0.2) is 8.78 Å². The molecule has 0 unspecified atom stereocenters. The summed E-state index contributed by atoms with van der Waals surface area (Å²) in [5.74, 6) is -2.63. The average molecular weight is 302 g/mol. The molecule has 6 heteroatoms. The molecule has 4 nitrogen and oxygen atoms in total. The van der Waals surface area contributed by atoms with E-state index in [-0.39, 0.29) is 11.5 Å². The lowest BCUT2D eigenvalue weighted by Gasteiger charge is -2.17. The zero-order valence-corrected chi connectivity index (χ0v) is 11.5. The third-order valence-electron chi connectivity index (χ3n) is 3.44. The van der Waals surface area contributed by atoms with Gasteiger partial charge in [0.05, 0.1) is 0 Å². The van der Waals surface area contributed by atoms with Gasteiger partial charge in [0.25, 0.3) is 5.91 Å². The van der Waals surface area contributed by atoms with E-state index in [9.17, 15) is 18.4 Å². The Morgan fingerprint density at radius 2 is 1.86 bits per heavy atom. The fourth-order valence-electron chi connectivity index (χ4n) is 2.30. The standard InChI is InChI=1S/C16H12F2N2O2/c17-12-4-1-10(8-13(12)18)16(22)19-11-3-5-14-9(7-11)2-6-15(21)20-14/h1,3-5,7-8H,2,6H2,(H,19,22)(H,20,21). The second-order valence-electron chi connectivity index (χ2n) is 5.00. The van der Waals surface area contributed by atoms with E-state index < -0.39 is 17.5 Å². The fraction of sp³-hybridized carbons (Fsp3) is 0.125. The van der Waals surface area contributed by atoms with Crippen LogP contribution in [0.1, 0.15) is 22.3 Å². The van der Waals surface area contributed by atoms with Crippen LogP contribution in [0.15, 0.2) is 36.4 Å². The van der Waals surface area contributed by atoms with E-state index in [2.05, 4.69) is 10.6 Å². The summed E-state index contributed by atoms with van der Waals surface area (Å²) in [6.07, 6.45) is 0.990. The first-order chi connectivity index (χ1) is 10.5. The summed E-state index contributed by atoms with van der Waals surface area (Å²) in [6, 6.07) is 8.07. The Kier molecular flexibility index (Phi) is 3.58. The number of fused-ring (bicyclic) bond motifs is 1. The number of carbonyl (C=O) groups is 2. The molecule has 2 N–H and O–H groups in total. The number of amides is 2. The normalized spacial score (nSPS) is 13.3. The predicted molar refractivity (Wildman–Crippen MR) is 77.7 cm³/mol. The van der Waals surface area contributed by atoms with E-state index in [1.165, 1.54) is 6.07 Å². The molecular formula is C16H12F2N2O2. The van der Waals surface area contributed by atoms with Gasteiger partial charge in [0, 0.05) is 23.4 Å². The molecule has 2 aromatic carbocycles. The number of rotatable bonds is 2. The van der Waals surface area contributed by atoms with E-state index in [4.69, 9.17) is 0 Å². The summed E-state index contributed by atoms with van der Waals surface area (Å²) < 4.78 is 26.0. The highest BCUT2D eigenvalue weighted by Crippen LogP contribution is 2.26. The highest BCUT2D eigenvalue weighted by molar-refractivity contribution is 6.04. The molecule has 0 bridgehead atoms. The molecule has 0 aromatic heterocycles. The maximum atomic E-state index is 13.1. The van der Waals surface area contributed by atoms with Crippen LogP contribution < -0.4 is 10.6 Å². The second kappa shape index (κ2) is 5.55. The van der Waals surface area contributed by atoms with Crippen LogP contribution in [-0.2, 0) is 11.2 Å². The quantitative estimate of drug-likeness (QED) is 0.895. The lowest BCUT2D eigenvalue weighted by Crippen LogP contribution is -2.19. The maximum Gasteiger partial charge on any atom is 0.255 e. The van der Waals surface area contributed by atoms with Crippen LogP contribution in [0.3, 0.4) is 0 Å². The minimum Gasteiger partial charge on any atom is -0.326 e. The van der Waals surface area contributed by atoms with Crippen LogP contribution in [0.5, 0.6) is 0 Å². The number of hydrogen-bond donors (Lipinski definition) is 2. The van der Waals surface area contributed by atoms with Gasteiger partial charge in [0.1, 0.15) is 0 Å². The van der Waals surface area contributed by atoms with Gasteiger partial charge in [0.2, 0.25) is 5.91 Å². The highest BCUT2D eigenvalue weighted by atomic mass is 19.2. The van der Waals surface area contributed by atoms with Gasteiger partial charge in [-0.2, -0.15) is 0 Å². The van der Waals surface area contributed by atoms with Crippen molar-refractivity contribution < 1.29 is 18.4 Å². The van der Waals surface area contributed by atoms with Crippen molar-refractivity contribution in [1.29, 1.82) is 0 Å². The number of hydrogen-bond acceptors (Lipinski definition) is 2. The van der Waals surface area contributed by atoms with Gasteiger partial charge >= 0.3 is 0 Å².